The molecule has 0 aliphatic rings. The van der Waals surface area contributed by atoms with E-state index in [9.17, 15) is 18.0 Å². The lowest BCUT2D eigenvalue weighted by Crippen LogP contribution is -2.32. The number of anilines is 1. The number of nitrogens with one attached hydrogen (secondary N) is 1. The highest BCUT2D eigenvalue weighted by molar-refractivity contribution is 7.90. The smallest absolute Gasteiger partial charge is 0.315 e. The normalized spacial score (nSPS) is 10.8. The Morgan fingerprint density at radius 3 is 2.37 bits per heavy atom. The number of sulfonamides is 1. The first-order valence-corrected chi connectivity index (χ1v) is 6.90. The van der Waals surface area contributed by atoms with E-state index in [4.69, 9.17) is 5.73 Å². The number of nitrogens with two attached hydrogens (primary N) is 1. The monoisotopic (exact) mass is 286 g/mol. The second kappa shape index (κ2) is 6.19. The summed E-state index contributed by atoms with van der Waals surface area (Å²) >= 11 is 0. The zero-order valence-corrected chi connectivity index (χ0v) is 11.1. The highest BCUT2D eigenvalue weighted by atomic mass is 32.2. The quantitative estimate of drug-likeness (QED) is 0.448. The predicted octanol–water partition coefficient (Wildman–Crippen LogP) is 0.0269. The number of esters is 1. The number of carbonyl (C=O) groups is 2. The summed E-state index contributed by atoms with van der Waals surface area (Å²) in [7, 11) is -4.00. The number of hydrogen-bond donors (Lipinski definition) is 2. The van der Waals surface area contributed by atoms with E-state index in [0.717, 1.165) is 0 Å². The first kappa shape index (κ1) is 15.0. The van der Waals surface area contributed by atoms with Crippen LogP contribution in [0.3, 0.4) is 0 Å². The fourth-order valence-corrected chi connectivity index (χ4v) is 2.22. The van der Waals surface area contributed by atoms with E-state index in [0.29, 0.717) is 5.69 Å². The average molecular weight is 286 g/mol. The molecule has 3 N–H and O–H groups in total. The Bertz CT molecular complexity index is 565. The Labute approximate surface area is 110 Å². The molecule has 0 spiro atoms. The lowest BCUT2D eigenvalue weighted by atomic mass is 10.3. The minimum Gasteiger partial charge on any atom is -0.466 e. The van der Waals surface area contributed by atoms with Crippen molar-refractivity contribution in [1.29, 1.82) is 0 Å². The molecule has 0 fully saturated rings. The fourth-order valence-electron chi connectivity index (χ4n) is 1.23. The molecule has 8 heteroatoms. The van der Waals surface area contributed by atoms with Crippen molar-refractivity contribution in [1.82, 2.24) is 4.72 Å². The van der Waals surface area contributed by atoms with E-state index in [2.05, 4.69) is 4.74 Å². The van der Waals surface area contributed by atoms with E-state index in [1.165, 1.54) is 24.3 Å². The Morgan fingerprint density at radius 1 is 1.26 bits per heavy atom. The molecule has 104 valence electrons. The Morgan fingerprint density at radius 2 is 1.84 bits per heavy atom. The van der Waals surface area contributed by atoms with Crippen LogP contribution in [-0.4, -0.2) is 26.9 Å². The fraction of sp³-hybridized carbons (Fsp3) is 0.273. The van der Waals surface area contributed by atoms with Gasteiger partial charge in [0.15, 0.2) is 0 Å². The van der Waals surface area contributed by atoms with Gasteiger partial charge in [-0.2, -0.15) is 0 Å². The maximum absolute atomic E-state index is 11.8. The lowest BCUT2D eigenvalue weighted by molar-refractivity contribution is -0.145. The Balaban J connectivity index is 2.72. The molecule has 0 aliphatic carbocycles. The largest absolute Gasteiger partial charge is 0.466 e. The van der Waals surface area contributed by atoms with Crippen LogP contribution in [0.15, 0.2) is 29.2 Å². The number of nitrogen functional groups attached to an aromatic ring is 1. The van der Waals surface area contributed by atoms with Crippen LogP contribution in [0.2, 0.25) is 0 Å². The molecule has 1 amide bonds. The van der Waals surface area contributed by atoms with Crippen molar-refractivity contribution < 1.29 is 22.7 Å². The summed E-state index contributed by atoms with van der Waals surface area (Å²) < 4.78 is 29.8. The lowest BCUT2D eigenvalue weighted by Gasteiger charge is -2.06. The van der Waals surface area contributed by atoms with Crippen molar-refractivity contribution in [2.45, 2.75) is 18.2 Å². The summed E-state index contributed by atoms with van der Waals surface area (Å²) in [4.78, 5) is 22.3. The molecule has 7 nitrogen and oxygen atoms in total. The standard InChI is InChI=1S/C11H14N2O5S/c1-2-18-11(15)7-10(14)13-19(16,17)9-5-3-8(12)4-6-9/h3-6H,2,7,12H2,1H3,(H,13,14). The van der Waals surface area contributed by atoms with Crippen molar-refractivity contribution in [2.75, 3.05) is 12.3 Å². The molecule has 1 aromatic rings. The molecule has 1 rings (SSSR count). The number of ether oxygens (including phenoxy) is 1. The SMILES string of the molecule is CCOC(=O)CC(=O)NS(=O)(=O)c1ccc(N)cc1. The van der Waals surface area contributed by atoms with Crippen molar-refractivity contribution in [3.05, 3.63) is 24.3 Å². The summed E-state index contributed by atoms with van der Waals surface area (Å²) in [5, 5.41) is 0. The van der Waals surface area contributed by atoms with Gasteiger partial charge in [0, 0.05) is 5.69 Å². The minimum absolute atomic E-state index is 0.112. The molecule has 19 heavy (non-hydrogen) atoms. The summed E-state index contributed by atoms with van der Waals surface area (Å²) in [5.41, 5.74) is 5.83. The molecule has 0 bridgehead atoms. The summed E-state index contributed by atoms with van der Waals surface area (Å²) in [6.45, 7) is 1.71. The van der Waals surface area contributed by atoms with Crippen LogP contribution in [0.1, 0.15) is 13.3 Å². The van der Waals surface area contributed by atoms with Gasteiger partial charge in [-0.15, -0.1) is 0 Å². The third-order valence-corrected chi connectivity index (χ3v) is 3.44. The predicted molar refractivity (Wildman–Crippen MR) is 67.4 cm³/mol. The van der Waals surface area contributed by atoms with Crippen LogP contribution in [0.5, 0.6) is 0 Å². The third-order valence-electron chi connectivity index (χ3n) is 2.05. The highest BCUT2D eigenvalue weighted by Crippen LogP contribution is 2.11. The number of hydrogen-bond acceptors (Lipinski definition) is 6. The first-order chi connectivity index (χ1) is 8.85. The van der Waals surface area contributed by atoms with Crippen molar-refractivity contribution in [3.8, 4) is 0 Å². The summed E-state index contributed by atoms with van der Waals surface area (Å²) in [5.74, 6) is -1.73. The van der Waals surface area contributed by atoms with E-state index in [1.807, 2.05) is 0 Å². The maximum atomic E-state index is 11.8. The molecule has 0 saturated carbocycles. The molecule has 0 aromatic heterocycles. The molecular weight excluding hydrogens is 272 g/mol. The van der Waals surface area contributed by atoms with Gasteiger partial charge in [-0.05, 0) is 31.2 Å². The molecule has 0 unspecified atom stereocenters. The van der Waals surface area contributed by atoms with Crippen molar-refractivity contribution in [3.63, 3.8) is 0 Å². The van der Waals surface area contributed by atoms with Gasteiger partial charge in [0.2, 0.25) is 5.91 Å². The average Bonchev–Trinajstić information content (AvgIpc) is 2.28. The molecule has 1 aromatic carbocycles. The van der Waals surface area contributed by atoms with Gasteiger partial charge < -0.3 is 10.5 Å². The molecule has 0 saturated heterocycles. The van der Waals surface area contributed by atoms with Gasteiger partial charge in [0.25, 0.3) is 10.0 Å². The van der Waals surface area contributed by atoms with Gasteiger partial charge in [0.05, 0.1) is 11.5 Å². The number of amides is 1. The van der Waals surface area contributed by atoms with Crippen LogP contribution in [0, 0.1) is 0 Å². The molecular formula is C11H14N2O5S. The number of benzene rings is 1. The number of carbonyl (C=O) groups excluding carboxylic acids is 2. The van der Waals surface area contributed by atoms with Crippen LogP contribution < -0.4 is 10.5 Å². The second-order valence-corrected chi connectivity index (χ2v) is 5.26. The van der Waals surface area contributed by atoms with Crippen LogP contribution in [0.25, 0.3) is 0 Å². The van der Waals surface area contributed by atoms with Crippen molar-refractivity contribution in [2.24, 2.45) is 0 Å². The van der Waals surface area contributed by atoms with Gasteiger partial charge in [-0.3, -0.25) is 9.59 Å². The molecule has 0 heterocycles. The summed E-state index contributed by atoms with van der Waals surface area (Å²) in [6.07, 6.45) is -0.651. The maximum Gasteiger partial charge on any atom is 0.315 e. The minimum atomic E-state index is -4.00. The number of rotatable bonds is 5. The van der Waals surface area contributed by atoms with Gasteiger partial charge in [-0.1, -0.05) is 0 Å². The van der Waals surface area contributed by atoms with E-state index < -0.39 is 28.3 Å². The van der Waals surface area contributed by atoms with E-state index >= 15 is 0 Å². The van der Waals surface area contributed by atoms with Gasteiger partial charge in [-0.25, -0.2) is 13.1 Å². The van der Waals surface area contributed by atoms with E-state index in [1.54, 1.807) is 11.6 Å². The highest BCUT2D eigenvalue weighted by Gasteiger charge is 2.19. The second-order valence-electron chi connectivity index (χ2n) is 3.58. The first-order valence-electron chi connectivity index (χ1n) is 5.42. The zero-order valence-electron chi connectivity index (χ0n) is 10.3. The molecule has 0 aliphatic heterocycles. The Kier molecular flexibility index (Phi) is 4.87. The molecule has 0 radical (unpaired) electrons. The van der Waals surface area contributed by atoms with Crippen LogP contribution in [0.4, 0.5) is 5.69 Å². The topological polar surface area (TPSA) is 116 Å². The van der Waals surface area contributed by atoms with Crippen molar-refractivity contribution >= 4 is 27.6 Å². The van der Waals surface area contributed by atoms with Gasteiger partial charge >= 0.3 is 5.97 Å². The van der Waals surface area contributed by atoms with Crippen LogP contribution >= 0.6 is 0 Å². The zero-order chi connectivity index (χ0) is 14.5. The summed E-state index contributed by atoms with van der Waals surface area (Å²) in [6, 6.07) is 5.30. The van der Waals surface area contributed by atoms with Gasteiger partial charge in [0.1, 0.15) is 6.42 Å². The molecule has 0 atom stereocenters. The van der Waals surface area contributed by atoms with E-state index in [-0.39, 0.29) is 11.5 Å². The third kappa shape index (κ3) is 4.59. The Hall–Kier alpha value is -2.09. The van der Waals surface area contributed by atoms with Crippen LogP contribution in [-0.2, 0) is 24.3 Å².